The number of rotatable bonds is 15. The van der Waals surface area contributed by atoms with Crippen LogP contribution in [-0.4, -0.2) is 50.5 Å². The summed E-state index contributed by atoms with van der Waals surface area (Å²) < 4.78 is 26.9. The number of hydrogen-bond donors (Lipinski definition) is 1. The third kappa shape index (κ3) is 9.72. The van der Waals surface area contributed by atoms with Crippen molar-refractivity contribution in [3.63, 3.8) is 0 Å². The smallest absolute Gasteiger partial charge is 0.243 e. The molecule has 0 aliphatic rings. The molecule has 3 aromatic carbocycles. The number of carbonyl (C=O) groups is 2. The van der Waals surface area contributed by atoms with Crippen LogP contribution in [-0.2, 0) is 32.6 Å². The van der Waals surface area contributed by atoms with Crippen molar-refractivity contribution in [3.8, 4) is 0 Å². The summed E-state index contributed by atoms with van der Waals surface area (Å²) in [5, 5.41) is 3.05. The van der Waals surface area contributed by atoms with E-state index in [9.17, 15) is 18.0 Å². The highest BCUT2D eigenvalue weighted by Crippen LogP contribution is 2.23. The van der Waals surface area contributed by atoms with Gasteiger partial charge in [-0.2, -0.15) is 0 Å². The van der Waals surface area contributed by atoms with E-state index in [2.05, 4.69) is 12.2 Å². The molecule has 0 aromatic heterocycles. The van der Waals surface area contributed by atoms with E-state index < -0.39 is 16.1 Å². The lowest BCUT2D eigenvalue weighted by Crippen LogP contribution is -2.50. The van der Waals surface area contributed by atoms with Crippen LogP contribution >= 0.6 is 0 Å². The van der Waals surface area contributed by atoms with Crippen molar-refractivity contribution in [1.82, 2.24) is 10.2 Å². The second kappa shape index (κ2) is 15.5. The van der Waals surface area contributed by atoms with Gasteiger partial charge in [0, 0.05) is 32.5 Å². The van der Waals surface area contributed by atoms with Gasteiger partial charge in [0.05, 0.1) is 11.9 Å². The van der Waals surface area contributed by atoms with Crippen LogP contribution in [0.5, 0.6) is 0 Å². The quantitative estimate of drug-likeness (QED) is 0.229. The number of anilines is 1. The number of unbranched alkanes of at least 4 members (excludes halogenated alkanes) is 1. The van der Waals surface area contributed by atoms with Crippen molar-refractivity contribution in [2.75, 3.05) is 23.7 Å². The molecule has 226 valence electrons. The first-order valence-corrected chi connectivity index (χ1v) is 16.6. The number of nitrogens with zero attached hydrogens (tertiary/aromatic N) is 2. The van der Waals surface area contributed by atoms with Gasteiger partial charge in [-0.1, -0.05) is 74.0 Å². The maximum absolute atomic E-state index is 14.0. The fraction of sp³-hybridized carbons (Fsp3) is 0.412. The van der Waals surface area contributed by atoms with Crippen molar-refractivity contribution in [3.05, 3.63) is 101 Å². The molecule has 0 aliphatic carbocycles. The molecule has 2 amide bonds. The number of sulfonamides is 1. The van der Waals surface area contributed by atoms with E-state index in [-0.39, 0.29) is 31.3 Å². The summed E-state index contributed by atoms with van der Waals surface area (Å²) >= 11 is 0. The molecule has 0 heterocycles. The molecule has 1 N–H and O–H groups in total. The summed E-state index contributed by atoms with van der Waals surface area (Å²) in [6.45, 7) is 8.94. The van der Waals surface area contributed by atoms with Crippen LogP contribution in [0.15, 0.2) is 72.8 Å². The molecule has 0 unspecified atom stereocenters. The van der Waals surface area contributed by atoms with Gasteiger partial charge in [0.1, 0.15) is 6.04 Å². The number of aryl methyl sites for hydroxylation is 3. The van der Waals surface area contributed by atoms with Crippen LogP contribution in [0.25, 0.3) is 0 Å². The molecule has 3 rings (SSSR count). The van der Waals surface area contributed by atoms with Crippen molar-refractivity contribution in [1.29, 1.82) is 0 Å². The van der Waals surface area contributed by atoms with E-state index in [1.807, 2.05) is 93.6 Å². The first-order valence-electron chi connectivity index (χ1n) is 14.7. The Balaban J connectivity index is 1.89. The SMILES string of the molecule is CCCCNC(=O)[C@H](Cc1ccccc1)N(Cc1ccccc1C)C(=O)CCCN(c1cc(C)cc(C)c1)S(C)(=O)=O. The van der Waals surface area contributed by atoms with Gasteiger partial charge in [-0.25, -0.2) is 8.42 Å². The summed E-state index contributed by atoms with van der Waals surface area (Å²) in [5.41, 5.74) is 5.51. The molecular weight excluding hydrogens is 546 g/mol. The van der Waals surface area contributed by atoms with Crippen LogP contribution in [0.3, 0.4) is 0 Å². The number of nitrogens with one attached hydrogen (secondary N) is 1. The lowest BCUT2D eigenvalue weighted by molar-refractivity contribution is -0.141. The third-order valence-corrected chi connectivity index (χ3v) is 8.54. The molecule has 0 fully saturated rings. The van der Waals surface area contributed by atoms with Gasteiger partial charge in [-0.15, -0.1) is 0 Å². The minimum Gasteiger partial charge on any atom is -0.354 e. The Morgan fingerprint density at radius 1 is 0.881 bits per heavy atom. The lowest BCUT2D eigenvalue weighted by Gasteiger charge is -2.32. The normalized spacial score (nSPS) is 12.0. The minimum atomic E-state index is -3.56. The van der Waals surface area contributed by atoms with Crippen molar-refractivity contribution < 1.29 is 18.0 Å². The second-order valence-corrected chi connectivity index (χ2v) is 13.0. The molecular formula is C34H45N3O4S. The number of carbonyl (C=O) groups excluding carboxylic acids is 2. The van der Waals surface area contributed by atoms with Crippen LogP contribution in [0, 0.1) is 20.8 Å². The lowest BCUT2D eigenvalue weighted by atomic mass is 10.0. The Morgan fingerprint density at radius 2 is 1.52 bits per heavy atom. The van der Waals surface area contributed by atoms with E-state index in [4.69, 9.17) is 0 Å². The molecule has 0 saturated heterocycles. The largest absolute Gasteiger partial charge is 0.354 e. The maximum atomic E-state index is 14.0. The molecule has 0 bridgehead atoms. The monoisotopic (exact) mass is 591 g/mol. The average molecular weight is 592 g/mol. The van der Waals surface area contributed by atoms with Gasteiger partial charge >= 0.3 is 0 Å². The number of hydrogen-bond acceptors (Lipinski definition) is 4. The fourth-order valence-electron chi connectivity index (χ4n) is 5.13. The minimum absolute atomic E-state index is 0.107. The Bertz CT molecular complexity index is 1420. The highest BCUT2D eigenvalue weighted by molar-refractivity contribution is 7.92. The third-order valence-electron chi connectivity index (χ3n) is 7.35. The summed E-state index contributed by atoms with van der Waals surface area (Å²) in [4.78, 5) is 29.3. The number of amides is 2. The van der Waals surface area contributed by atoms with Crippen molar-refractivity contribution in [2.24, 2.45) is 0 Å². The molecule has 1 atom stereocenters. The topological polar surface area (TPSA) is 86.8 Å². The standard InChI is InChI=1S/C34H45N3O4S/c1-6-7-19-35-34(39)32(24-29-15-9-8-10-16-29)36(25-30-17-12-11-14-28(30)4)33(38)18-13-20-37(42(5,40)41)31-22-26(2)21-27(3)23-31/h8-12,14-17,21-23,32H,6-7,13,18-20,24-25H2,1-5H3,(H,35,39)/t32-/m0/s1. The molecule has 3 aromatic rings. The van der Waals surface area contributed by atoms with Gasteiger partial charge in [-0.3, -0.25) is 13.9 Å². The molecule has 0 saturated carbocycles. The first kappa shape index (κ1) is 32.9. The Labute approximate surface area is 252 Å². The van der Waals surface area contributed by atoms with E-state index in [1.165, 1.54) is 10.6 Å². The molecule has 0 radical (unpaired) electrons. The molecule has 0 spiro atoms. The van der Waals surface area contributed by atoms with Crippen molar-refractivity contribution >= 4 is 27.5 Å². The predicted octanol–water partition coefficient (Wildman–Crippen LogP) is 5.71. The Kier molecular flexibility index (Phi) is 12.2. The zero-order chi connectivity index (χ0) is 30.7. The van der Waals surface area contributed by atoms with Crippen LogP contribution in [0.4, 0.5) is 5.69 Å². The maximum Gasteiger partial charge on any atom is 0.243 e. The predicted molar refractivity (Wildman–Crippen MR) is 171 cm³/mol. The van der Waals surface area contributed by atoms with Crippen molar-refractivity contribution in [2.45, 2.75) is 72.4 Å². The Hall–Kier alpha value is -3.65. The highest BCUT2D eigenvalue weighted by Gasteiger charge is 2.30. The van der Waals surface area contributed by atoms with Gasteiger partial charge < -0.3 is 10.2 Å². The van der Waals surface area contributed by atoms with Crippen LogP contribution in [0.1, 0.15) is 60.4 Å². The zero-order valence-corrected chi connectivity index (χ0v) is 26.4. The van der Waals surface area contributed by atoms with Crippen LogP contribution < -0.4 is 9.62 Å². The highest BCUT2D eigenvalue weighted by atomic mass is 32.2. The molecule has 42 heavy (non-hydrogen) atoms. The van der Waals surface area contributed by atoms with E-state index in [0.29, 0.717) is 25.1 Å². The van der Waals surface area contributed by atoms with Gasteiger partial charge in [0.25, 0.3) is 0 Å². The van der Waals surface area contributed by atoms with E-state index in [0.717, 1.165) is 40.7 Å². The molecule has 8 heteroatoms. The molecule has 7 nitrogen and oxygen atoms in total. The zero-order valence-electron chi connectivity index (χ0n) is 25.6. The van der Waals surface area contributed by atoms with Gasteiger partial charge in [0.15, 0.2) is 0 Å². The summed E-state index contributed by atoms with van der Waals surface area (Å²) in [6.07, 6.45) is 3.80. The first-order chi connectivity index (χ1) is 20.0. The number of benzene rings is 3. The molecule has 0 aliphatic heterocycles. The summed E-state index contributed by atoms with van der Waals surface area (Å²) in [6, 6.07) is 22.6. The van der Waals surface area contributed by atoms with E-state index in [1.54, 1.807) is 4.90 Å². The van der Waals surface area contributed by atoms with Gasteiger partial charge in [0.2, 0.25) is 21.8 Å². The fourth-order valence-corrected chi connectivity index (χ4v) is 6.08. The summed E-state index contributed by atoms with van der Waals surface area (Å²) in [7, 11) is -3.56. The van der Waals surface area contributed by atoms with E-state index >= 15 is 0 Å². The average Bonchev–Trinajstić information content (AvgIpc) is 2.93. The van der Waals surface area contributed by atoms with Gasteiger partial charge in [-0.05, 0) is 73.6 Å². The summed E-state index contributed by atoms with van der Waals surface area (Å²) in [5.74, 6) is -0.360. The van der Waals surface area contributed by atoms with Crippen LogP contribution in [0.2, 0.25) is 0 Å². The Morgan fingerprint density at radius 3 is 2.14 bits per heavy atom. The second-order valence-electron chi connectivity index (χ2n) is 11.1.